The van der Waals surface area contributed by atoms with Crippen LogP contribution in [0.1, 0.15) is 91.8 Å². The summed E-state index contributed by atoms with van der Waals surface area (Å²) in [6, 6.07) is 9.76. The molecular weight excluding hydrogens is 460 g/mol. The average molecular weight is 507 g/mol. The highest BCUT2D eigenvalue weighted by Crippen LogP contribution is 2.34. The van der Waals surface area contributed by atoms with Crippen molar-refractivity contribution in [3.63, 3.8) is 0 Å². The molecule has 6 nitrogen and oxygen atoms in total. The van der Waals surface area contributed by atoms with E-state index in [0.29, 0.717) is 17.7 Å². The Kier molecular flexibility index (Phi) is 10.4. The standard InChI is InChI=1S/C31H46N4O2/c1-3-4-5-6-7-8-9-10-11-12-19-35-30(36)26-15-13-14-25-28(17-16-27(29(25)26)31(35)37)32-18-20-34-23-21-33(2)22-24-34/h13-17,32H,3-12,18-24H2,1-2H3. The highest BCUT2D eigenvalue weighted by molar-refractivity contribution is 6.26. The first kappa shape index (κ1) is 27.6. The molecule has 0 unspecified atom stereocenters. The first-order valence-corrected chi connectivity index (χ1v) is 14.7. The van der Waals surface area contributed by atoms with Crippen molar-refractivity contribution in [2.75, 3.05) is 58.2 Å². The van der Waals surface area contributed by atoms with Crippen molar-refractivity contribution < 1.29 is 9.59 Å². The summed E-state index contributed by atoms with van der Waals surface area (Å²) in [6.07, 6.45) is 12.4. The van der Waals surface area contributed by atoms with Crippen molar-refractivity contribution in [3.8, 4) is 0 Å². The molecule has 2 heterocycles. The van der Waals surface area contributed by atoms with Gasteiger partial charge in [-0.2, -0.15) is 0 Å². The van der Waals surface area contributed by atoms with E-state index in [0.717, 1.165) is 68.6 Å². The zero-order valence-corrected chi connectivity index (χ0v) is 23.1. The zero-order valence-electron chi connectivity index (χ0n) is 23.1. The molecule has 1 saturated heterocycles. The Morgan fingerprint density at radius 3 is 2.03 bits per heavy atom. The van der Waals surface area contributed by atoms with Crippen LogP contribution in [0.5, 0.6) is 0 Å². The van der Waals surface area contributed by atoms with E-state index in [4.69, 9.17) is 0 Å². The molecule has 1 fully saturated rings. The molecule has 202 valence electrons. The molecule has 0 atom stereocenters. The molecule has 0 aromatic heterocycles. The van der Waals surface area contributed by atoms with E-state index in [1.165, 1.54) is 56.3 Å². The van der Waals surface area contributed by atoms with Crippen LogP contribution in [0.25, 0.3) is 10.8 Å². The number of likely N-dealkylation sites (N-methyl/N-ethyl adjacent to an activating group) is 1. The fourth-order valence-corrected chi connectivity index (χ4v) is 5.68. The summed E-state index contributed by atoms with van der Waals surface area (Å²) in [5, 5.41) is 5.34. The van der Waals surface area contributed by atoms with Gasteiger partial charge in [-0.25, -0.2) is 0 Å². The van der Waals surface area contributed by atoms with Gasteiger partial charge < -0.3 is 10.2 Å². The van der Waals surface area contributed by atoms with E-state index in [2.05, 4.69) is 29.1 Å². The number of amides is 2. The topological polar surface area (TPSA) is 55.9 Å². The molecule has 0 spiro atoms. The number of rotatable bonds is 15. The average Bonchev–Trinajstić information content (AvgIpc) is 2.91. The van der Waals surface area contributed by atoms with Crippen LogP contribution >= 0.6 is 0 Å². The number of imide groups is 1. The van der Waals surface area contributed by atoms with E-state index in [1.54, 1.807) is 0 Å². The third-order valence-corrected chi connectivity index (χ3v) is 8.07. The van der Waals surface area contributed by atoms with Gasteiger partial charge in [0.25, 0.3) is 11.8 Å². The Morgan fingerprint density at radius 2 is 1.35 bits per heavy atom. The van der Waals surface area contributed by atoms with Gasteiger partial charge in [-0.1, -0.05) is 76.8 Å². The van der Waals surface area contributed by atoms with E-state index in [9.17, 15) is 9.59 Å². The molecule has 0 bridgehead atoms. The summed E-state index contributed by atoms with van der Waals surface area (Å²) in [7, 11) is 2.17. The summed E-state index contributed by atoms with van der Waals surface area (Å²) in [6.45, 7) is 9.01. The molecule has 0 aliphatic carbocycles. The van der Waals surface area contributed by atoms with Gasteiger partial charge in [-0.15, -0.1) is 0 Å². The molecule has 37 heavy (non-hydrogen) atoms. The molecule has 2 aliphatic heterocycles. The molecule has 0 radical (unpaired) electrons. The Balaban J connectivity index is 1.30. The third kappa shape index (κ3) is 7.11. The molecule has 2 amide bonds. The monoisotopic (exact) mass is 506 g/mol. The summed E-state index contributed by atoms with van der Waals surface area (Å²) < 4.78 is 0. The molecule has 1 N–H and O–H groups in total. The summed E-state index contributed by atoms with van der Waals surface area (Å²) in [5.74, 6) is -0.290. The van der Waals surface area contributed by atoms with Gasteiger partial charge >= 0.3 is 0 Å². The van der Waals surface area contributed by atoms with E-state index in [1.807, 2.05) is 30.3 Å². The van der Waals surface area contributed by atoms with Gasteiger partial charge in [0.1, 0.15) is 0 Å². The van der Waals surface area contributed by atoms with Gasteiger partial charge in [-0.05, 0) is 31.7 Å². The maximum Gasteiger partial charge on any atom is 0.261 e. The van der Waals surface area contributed by atoms with Crippen LogP contribution in [0.2, 0.25) is 0 Å². The van der Waals surface area contributed by atoms with Crippen molar-refractivity contribution in [3.05, 3.63) is 41.5 Å². The lowest BCUT2D eigenvalue weighted by molar-refractivity contribution is 0.0607. The SMILES string of the molecule is CCCCCCCCCCCCN1C(=O)c2cccc3c(NCCN4CCN(C)CC4)ccc(c23)C1=O. The van der Waals surface area contributed by atoms with Gasteiger partial charge in [0, 0.05) is 73.4 Å². The van der Waals surface area contributed by atoms with Crippen molar-refractivity contribution >= 4 is 28.3 Å². The predicted octanol–water partition coefficient (Wildman–Crippen LogP) is 6.02. The van der Waals surface area contributed by atoms with Crippen LogP contribution in [-0.4, -0.2) is 79.4 Å². The number of nitrogens with one attached hydrogen (secondary N) is 1. The van der Waals surface area contributed by atoms with Crippen LogP contribution in [-0.2, 0) is 0 Å². The summed E-state index contributed by atoms with van der Waals surface area (Å²) >= 11 is 0. The quantitative estimate of drug-likeness (QED) is 0.237. The van der Waals surface area contributed by atoms with Crippen molar-refractivity contribution in [2.45, 2.75) is 71.1 Å². The minimum Gasteiger partial charge on any atom is -0.383 e. The van der Waals surface area contributed by atoms with Gasteiger partial charge in [0.2, 0.25) is 0 Å². The maximum absolute atomic E-state index is 13.3. The van der Waals surface area contributed by atoms with E-state index in [-0.39, 0.29) is 11.8 Å². The van der Waals surface area contributed by atoms with Crippen LogP contribution in [0.3, 0.4) is 0 Å². The Bertz CT molecular complexity index is 1020. The number of benzene rings is 2. The van der Waals surface area contributed by atoms with E-state index >= 15 is 0 Å². The number of hydrogen-bond donors (Lipinski definition) is 1. The molecule has 0 saturated carbocycles. The number of anilines is 1. The molecule has 6 heteroatoms. The van der Waals surface area contributed by atoms with Crippen LogP contribution in [0.4, 0.5) is 5.69 Å². The second kappa shape index (κ2) is 13.9. The summed E-state index contributed by atoms with van der Waals surface area (Å²) in [4.78, 5) is 33.0. The number of carbonyl (C=O) groups is 2. The maximum atomic E-state index is 13.3. The number of nitrogens with zero attached hydrogens (tertiary/aromatic N) is 3. The smallest absolute Gasteiger partial charge is 0.261 e. The second-order valence-corrected chi connectivity index (χ2v) is 10.9. The Labute approximate surface area is 223 Å². The van der Waals surface area contributed by atoms with Gasteiger partial charge in [0.05, 0.1) is 0 Å². The minimum atomic E-state index is -0.145. The molecular formula is C31H46N4O2. The zero-order chi connectivity index (χ0) is 26.0. The van der Waals surface area contributed by atoms with Crippen LogP contribution < -0.4 is 5.32 Å². The molecule has 2 aromatic rings. The second-order valence-electron chi connectivity index (χ2n) is 10.9. The highest BCUT2D eigenvalue weighted by atomic mass is 16.2. The van der Waals surface area contributed by atoms with Crippen LogP contribution in [0, 0.1) is 0 Å². The van der Waals surface area contributed by atoms with Crippen molar-refractivity contribution in [1.82, 2.24) is 14.7 Å². The largest absolute Gasteiger partial charge is 0.383 e. The van der Waals surface area contributed by atoms with Crippen molar-refractivity contribution in [2.24, 2.45) is 0 Å². The minimum absolute atomic E-state index is 0.145. The lowest BCUT2D eigenvalue weighted by Crippen LogP contribution is -2.45. The van der Waals surface area contributed by atoms with Gasteiger partial charge in [0.15, 0.2) is 0 Å². The molecule has 2 aromatic carbocycles. The Morgan fingerprint density at radius 1 is 0.730 bits per heavy atom. The number of unbranched alkanes of at least 4 members (excludes halogenated alkanes) is 9. The predicted molar refractivity (Wildman–Crippen MR) is 154 cm³/mol. The third-order valence-electron chi connectivity index (χ3n) is 8.07. The lowest BCUT2D eigenvalue weighted by atomic mass is 9.92. The molecule has 4 rings (SSSR count). The first-order valence-electron chi connectivity index (χ1n) is 14.7. The Hall–Kier alpha value is -2.44. The molecule has 2 aliphatic rings. The lowest BCUT2D eigenvalue weighted by Gasteiger charge is -2.32. The highest BCUT2D eigenvalue weighted by Gasteiger charge is 2.32. The fraction of sp³-hybridized carbons (Fsp3) is 0.613. The van der Waals surface area contributed by atoms with E-state index < -0.39 is 0 Å². The number of carbonyl (C=O) groups excluding carboxylic acids is 2. The summed E-state index contributed by atoms with van der Waals surface area (Å²) in [5.41, 5.74) is 2.31. The van der Waals surface area contributed by atoms with Crippen LogP contribution in [0.15, 0.2) is 30.3 Å². The first-order chi connectivity index (χ1) is 18.1. The van der Waals surface area contributed by atoms with Gasteiger partial charge in [-0.3, -0.25) is 19.4 Å². The fourth-order valence-electron chi connectivity index (χ4n) is 5.68. The number of piperazine rings is 1. The van der Waals surface area contributed by atoms with Crippen molar-refractivity contribution in [1.29, 1.82) is 0 Å². The normalized spacial score (nSPS) is 16.6. The number of hydrogen-bond acceptors (Lipinski definition) is 5.